The zero-order valence-electron chi connectivity index (χ0n) is 8.01. The monoisotopic (exact) mass is 231 g/mol. The van der Waals surface area contributed by atoms with Crippen LogP contribution in [-0.4, -0.2) is 13.2 Å². The summed E-state index contributed by atoms with van der Waals surface area (Å²) in [6.07, 6.45) is 3.04. The number of ether oxygens (including phenoxy) is 1. The number of rotatable bonds is 3. The number of halogens is 1. The van der Waals surface area contributed by atoms with Crippen molar-refractivity contribution in [3.63, 3.8) is 0 Å². The molecule has 1 aromatic heterocycles. The Morgan fingerprint density at radius 1 is 1.50 bits per heavy atom. The molecule has 14 heavy (non-hydrogen) atoms. The molecule has 0 aromatic carbocycles. The molecule has 0 unspecified atom stereocenters. The molecule has 0 saturated heterocycles. The Morgan fingerprint density at radius 3 is 3.07 bits per heavy atom. The van der Waals surface area contributed by atoms with Gasteiger partial charge >= 0.3 is 0 Å². The Labute approximate surface area is 93.0 Å². The van der Waals surface area contributed by atoms with Crippen LogP contribution in [-0.2, 0) is 24.2 Å². The zero-order valence-corrected chi connectivity index (χ0v) is 9.59. The molecular formula is C10H14ClNOS. The maximum absolute atomic E-state index is 6.27. The predicted octanol–water partition coefficient (Wildman–Crippen LogP) is 2.37. The van der Waals surface area contributed by atoms with Crippen LogP contribution in [0.15, 0.2) is 0 Å². The predicted molar refractivity (Wildman–Crippen MR) is 60.1 cm³/mol. The van der Waals surface area contributed by atoms with E-state index in [2.05, 4.69) is 0 Å². The topological polar surface area (TPSA) is 35.2 Å². The van der Waals surface area contributed by atoms with Gasteiger partial charge in [0.05, 0.1) is 18.2 Å². The average Bonchev–Trinajstić information content (AvgIpc) is 2.54. The summed E-state index contributed by atoms with van der Waals surface area (Å²) in [6, 6.07) is 0. The summed E-state index contributed by atoms with van der Waals surface area (Å²) in [6.45, 7) is 2.25. The molecule has 2 N–H and O–H groups in total. The fourth-order valence-corrected chi connectivity index (χ4v) is 3.32. The lowest BCUT2D eigenvalue weighted by Gasteiger charge is -2.11. The summed E-state index contributed by atoms with van der Waals surface area (Å²) in [4.78, 5) is 2.70. The molecular weight excluding hydrogens is 218 g/mol. The molecule has 2 rings (SSSR count). The van der Waals surface area contributed by atoms with Crippen LogP contribution < -0.4 is 5.73 Å². The molecule has 0 aliphatic carbocycles. The third-order valence-electron chi connectivity index (χ3n) is 2.42. The van der Waals surface area contributed by atoms with Gasteiger partial charge in [0.15, 0.2) is 0 Å². The molecule has 0 saturated carbocycles. The van der Waals surface area contributed by atoms with Crippen LogP contribution in [0.4, 0.5) is 0 Å². The second-order valence-electron chi connectivity index (χ2n) is 3.44. The van der Waals surface area contributed by atoms with Crippen molar-refractivity contribution in [1.29, 1.82) is 0 Å². The highest BCUT2D eigenvalue weighted by Crippen LogP contribution is 2.36. The van der Waals surface area contributed by atoms with E-state index in [4.69, 9.17) is 22.1 Å². The van der Waals surface area contributed by atoms with Gasteiger partial charge in [-0.25, -0.2) is 0 Å². The summed E-state index contributed by atoms with van der Waals surface area (Å²) < 4.78 is 5.39. The minimum atomic E-state index is 0.688. The molecule has 0 amide bonds. The number of hydrogen-bond acceptors (Lipinski definition) is 3. The van der Waals surface area contributed by atoms with Gasteiger partial charge in [-0.05, 0) is 19.4 Å². The number of thiophene rings is 1. The van der Waals surface area contributed by atoms with Crippen LogP contribution in [0.3, 0.4) is 0 Å². The highest BCUT2D eigenvalue weighted by atomic mass is 35.5. The van der Waals surface area contributed by atoms with Gasteiger partial charge in [-0.3, -0.25) is 0 Å². The van der Waals surface area contributed by atoms with E-state index in [9.17, 15) is 0 Å². The summed E-state index contributed by atoms with van der Waals surface area (Å²) in [5.41, 5.74) is 6.70. The molecule has 0 fully saturated rings. The summed E-state index contributed by atoms with van der Waals surface area (Å²) in [5, 5.41) is 0.929. The molecule has 0 spiro atoms. The highest BCUT2D eigenvalue weighted by molar-refractivity contribution is 7.12. The van der Waals surface area contributed by atoms with Crippen molar-refractivity contribution in [1.82, 2.24) is 0 Å². The van der Waals surface area contributed by atoms with Crippen molar-refractivity contribution in [2.45, 2.75) is 25.9 Å². The first-order valence-corrected chi connectivity index (χ1v) is 6.09. The molecule has 4 heteroatoms. The van der Waals surface area contributed by atoms with Crippen LogP contribution in [0.25, 0.3) is 0 Å². The summed E-state index contributed by atoms with van der Waals surface area (Å²) in [7, 11) is 0. The smallest absolute Gasteiger partial charge is 0.0742 e. The Balaban J connectivity index is 2.20. The lowest BCUT2D eigenvalue weighted by Crippen LogP contribution is -2.06. The Kier molecular flexibility index (Phi) is 3.44. The van der Waals surface area contributed by atoms with Crippen molar-refractivity contribution in [3.8, 4) is 0 Å². The van der Waals surface area contributed by atoms with E-state index >= 15 is 0 Å². The fourth-order valence-electron chi connectivity index (χ4n) is 1.65. The second kappa shape index (κ2) is 4.62. The van der Waals surface area contributed by atoms with E-state index in [0.717, 1.165) is 37.4 Å². The minimum absolute atomic E-state index is 0.688. The largest absolute Gasteiger partial charge is 0.376 e. The maximum Gasteiger partial charge on any atom is 0.0742 e. The number of fused-ring (bicyclic) bond motifs is 1. The SMILES string of the molecule is NCCCc1sc2c(c1Cl)COCC2. The van der Waals surface area contributed by atoms with E-state index in [1.54, 1.807) is 0 Å². The van der Waals surface area contributed by atoms with Crippen molar-refractivity contribution >= 4 is 22.9 Å². The molecule has 2 nitrogen and oxygen atoms in total. The average molecular weight is 232 g/mol. The molecule has 78 valence electrons. The third kappa shape index (κ3) is 1.96. The molecule has 0 atom stereocenters. The Bertz CT molecular complexity index is 324. The molecule has 2 heterocycles. The van der Waals surface area contributed by atoms with E-state index in [1.807, 2.05) is 11.3 Å². The second-order valence-corrected chi connectivity index (χ2v) is 5.00. The van der Waals surface area contributed by atoms with Crippen LogP contribution in [0, 0.1) is 0 Å². The zero-order chi connectivity index (χ0) is 9.97. The number of nitrogens with two attached hydrogens (primary N) is 1. The lowest BCUT2D eigenvalue weighted by atomic mass is 10.1. The van der Waals surface area contributed by atoms with Gasteiger partial charge in [-0.1, -0.05) is 11.6 Å². The van der Waals surface area contributed by atoms with Crippen LogP contribution in [0.2, 0.25) is 5.02 Å². The van der Waals surface area contributed by atoms with Gasteiger partial charge in [-0.2, -0.15) is 0 Å². The first-order valence-electron chi connectivity index (χ1n) is 4.89. The van der Waals surface area contributed by atoms with E-state index < -0.39 is 0 Å². The molecule has 1 aliphatic heterocycles. The van der Waals surface area contributed by atoms with Gasteiger partial charge in [0.1, 0.15) is 0 Å². The van der Waals surface area contributed by atoms with Crippen molar-refractivity contribution in [2.24, 2.45) is 5.73 Å². The first kappa shape index (κ1) is 10.4. The van der Waals surface area contributed by atoms with Gasteiger partial charge in [0.25, 0.3) is 0 Å². The molecule has 1 aromatic rings. The van der Waals surface area contributed by atoms with Gasteiger partial charge in [0.2, 0.25) is 0 Å². The van der Waals surface area contributed by atoms with Gasteiger partial charge in [0, 0.05) is 21.7 Å². The van der Waals surface area contributed by atoms with Crippen LogP contribution in [0.1, 0.15) is 21.7 Å². The van der Waals surface area contributed by atoms with Crippen LogP contribution in [0.5, 0.6) is 0 Å². The molecule has 0 radical (unpaired) electrons. The van der Waals surface area contributed by atoms with E-state index in [0.29, 0.717) is 6.61 Å². The standard InChI is InChI=1S/C10H14ClNOS/c11-10-7-6-13-5-3-8(7)14-9(10)2-1-4-12/h1-6,12H2. The normalized spacial score (nSPS) is 15.6. The third-order valence-corrected chi connectivity index (χ3v) is 4.34. The van der Waals surface area contributed by atoms with Gasteiger partial charge < -0.3 is 10.5 Å². The highest BCUT2D eigenvalue weighted by Gasteiger charge is 2.19. The quantitative estimate of drug-likeness (QED) is 0.867. The Morgan fingerprint density at radius 2 is 2.36 bits per heavy atom. The summed E-state index contributed by atoms with van der Waals surface area (Å²) in [5.74, 6) is 0. The minimum Gasteiger partial charge on any atom is -0.376 e. The van der Waals surface area contributed by atoms with E-state index in [1.165, 1.54) is 15.3 Å². The first-order chi connectivity index (χ1) is 6.83. The fraction of sp³-hybridized carbons (Fsp3) is 0.600. The lowest BCUT2D eigenvalue weighted by molar-refractivity contribution is 0.112. The molecule has 0 bridgehead atoms. The van der Waals surface area contributed by atoms with E-state index in [-0.39, 0.29) is 0 Å². The van der Waals surface area contributed by atoms with Crippen molar-refractivity contribution in [3.05, 3.63) is 20.3 Å². The summed E-state index contributed by atoms with van der Waals surface area (Å²) >= 11 is 8.10. The number of aryl methyl sites for hydroxylation is 1. The van der Waals surface area contributed by atoms with Crippen molar-refractivity contribution in [2.75, 3.05) is 13.2 Å². The molecule has 1 aliphatic rings. The Hall–Kier alpha value is -0.0900. The van der Waals surface area contributed by atoms with Crippen molar-refractivity contribution < 1.29 is 4.74 Å². The van der Waals surface area contributed by atoms with Crippen LogP contribution >= 0.6 is 22.9 Å². The van der Waals surface area contributed by atoms with Gasteiger partial charge in [-0.15, -0.1) is 11.3 Å². The maximum atomic E-state index is 6.27. The number of hydrogen-bond donors (Lipinski definition) is 1.